The van der Waals surface area contributed by atoms with Crippen LogP contribution in [0.3, 0.4) is 0 Å². The lowest BCUT2D eigenvalue weighted by Gasteiger charge is -2.31. The number of hydrogen-bond donors (Lipinski definition) is 1. The highest BCUT2D eigenvalue weighted by Crippen LogP contribution is 2.26. The first-order valence-electron chi connectivity index (χ1n) is 7.48. The number of rotatable bonds is 5. The van der Waals surface area contributed by atoms with Gasteiger partial charge >= 0.3 is 0 Å². The van der Waals surface area contributed by atoms with Crippen molar-refractivity contribution in [1.29, 1.82) is 0 Å². The molecule has 0 atom stereocenters. The lowest BCUT2D eigenvalue weighted by molar-refractivity contribution is 0.122. The molecule has 1 aliphatic heterocycles. The Hall–Kier alpha value is -1.31. The predicted octanol–water partition coefficient (Wildman–Crippen LogP) is 3.41. The molecule has 0 amide bonds. The molecule has 1 saturated heterocycles. The van der Waals surface area contributed by atoms with Crippen molar-refractivity contribution in [2.75, 3.05) is 42.8 Å². The molecule has 0 unspecified atom stereocenters. The molecule has 0 saturated carbocycles. The molecular formula is C16H19BrN4OS. The van der Waals surface area contributed by atoms with Crippen LogP contribution >= 0.6 is 27.7 Å². The van der Waals surface area contributed by atoms with Gasteiger partial charge in [0.15, 0.2) is 0 Å². The standard InChI is InChI=1S/C16H19BrN4OS/c1-23-15-4-5-18-16(20-15)19-11-12-2-3-13(17)10-14(12)21-6-8-22-9-7-21/h2-5,10H,6-9,11H2,1H3,(H,18,19,20). The minimum atomic E-state index is 0.660. The Labute approximate surface area is 149 Å². The monoisotopic (exact) mass is 394 g/mol. The number of thioether (sulfide) groups is 1. The van der Waals surface area contributed by atoms with Crippen LogP contribution < -0.4 is 10.2 Å². The van der Waals surface area contributed by atoms with Gasteiger partial charge in [-0.3, -0.25) is 0 Å². The van der Waals surface area contributed by atoms with E-state index in [-0.39, 0.29) is 0 Å². The minimum absolute atomic E-state index is 0.660. The van der Waals surface area contributed by atoms with E-state index in [0.29, 0.717) is 12.5 Å². The van der Waals surface area contributed by atoms with Crippen LogP contribution in [0, 0.1) is 0 Å². The van der Waals surface area contributed by atoms with Crippen LogP contribution in [0.5, 0.6) is 0 Å². The molecule has 5 nitrogen and oxygen atoms in total. The summed E-state index contributed by atoms with van der Waals surface area (Å²) in [6.07, 6.45) is 3.79. The molecule has 1 aliphatic rings. The summed E-state index contributed by atoms with van der Waals surface area (Å²) in [4.78, 5) is 11.1. The van der Waals surface area contributed by atoms with Crippen LogP contribution in [0.4, 0.5) is 11.6 Å². The number of anilines is 2. The van der Waals surface area contributed by atoms with Gasteiger partial charge in [0, 0.05) is 36.0 Å². The average molecular weight is 395 g/mol. The van der Waals surface area contributed by atoms with E-state index in [4.69, 9.17) is 4.74 Å². The fourth-order valence-corrected chi connectivity index (χ4v) is 3.22. The van der Waals surface area contributed by atoms with E-state index in [0.717, 1.165) is 35.8 Å². The average Bonchev–Trinajstić information content (AvgIpc) is 2.61. The zero-order valence-electron chi connectivity index (χ0n) is 13.0. The molecule has 2 heterocycles. The number of benzene rings is 1. The van der Waals surface area contributed by atoms with Crippen molar-refractivity contribution in [2.45, 2.75) is 11.6 Å². The molecule has 0 radical (unpaired) electrons. The van der Waals surface area contributed by atoms with Crippen molar-refractivity contribution >= 4 is 39.3 Å². The van der Waals surface area contributed by atoms with Gasteiger partial charge in [-0.25, -0.2) is 9.97 Å². The van der Waals surface area contributed by atoms with E-state index < -0.39 is 0 Å². The van der Waals surface area contributed by atoms with Crippen LogP contribution in [0.25, 0.3) is 0 Å². The summed E-state index contributed by atoms with van der Waals surface area (Å²) >= 11 is 5.19. The Kier molecular flexibility index (Phi) is 5.75. The van der Waals surface area contributed by atoms with Crippen molar-refractivity contribution in [3.8, 4) is 0 Å². The maximum Gasteiger partial charge on any atom is 0.223 e. The minimum Gasteiger partial charge on any atom is -0.378 e. The molecule has 1 aromatic carbocycles. The van der Waals surface area contributed by atoms with Gasteiger partial charge in [-0.1, -0.05) is 22.0 Å². The molecule has 7 heteroatoms. The van der Waals surface area contributed by atoms with E-state index in [1.54, 1.807) is 18.0 Å². The zero-order chi connectivity index (χ0) is 16.1. The third-order valence-corrected chi connectivity index (χ3v) is 4.81. The molecule has 122 valence electrons. The first-order valence-corrected chi connectivity index (χ1v) is 9.50. The quantitative estimate of drug-likeness (QED) is 0.619. The number of nitrogens with one attached hydrogen (secondary N) is 1. The smallest absolute Gasteiger partial charge is 0.223 e. The number of hydrogen-bond acceptors (Lipinski definition) is 6. The van der Waals surface area contributed by atoms with Crippen LogP contribution in [0.15, 0.2) is 40.0 Å². The topological polar surface area (TPSA) is 50.3 Å². The van der Waals surface area contributed by atoms with Gasteiger partial charge in [-0.15, -0.1) is 11.8 Å². The second-order valence-corrected chi connectivity index (χ2v) is 6.89. The molecule has 3 rings (SSSR count). The first-order chi connectivity index (χ1) is 11.3. The summed E-state index contributed by atoms with van der Waals surface area (Å²) in [5.41, 5.74) is 2.46. The number of halogens is 1. The van der Waals surface area contributed by atoms with Crippen molar-refractivity contribution in [3.05, 3.63) is 40.5 Å². The van der Waals surface area contributed by atoms with Gasteiger partial charge < -0.3 is 15.0 Å². The van der Waals surface area contributed by atoms with E-state index in [1.165, 1.54) is 11.3 Å². The van der Waals surface area contributed by atoms with Crippen molar-refractivity contribution in [2.24, 2.45) is 0 Å². The van der Waals surface area contributed by atoms with Gasteiger partial charge in [0.05, 0.1) is 13.2 Å². The van der Waals surface area contributed by atoms with E-state index in [9.17, 15) is 0 Å². The van der Waals surface area contributed by atoms with Crippen LogP contribution in [-0.4, -0.2) is 42.5 Å². The Morgan fingerprint density at radius 1 is 1.30 bits per heavy atom. The number of ether oxygens (including phenoxy) is 1. The number of nitrogens with zero attached hydrogens (tertiary/aromatic N) is 3. The fourth-order valence-electron chi connectivity index (χ4n) is 2.50. The maximum absolute atomic E-state index is 5.45. The van der Waals surface area contributed by atoms with Crippen molar-refractivity contribution in [1.82, 2.24) is 9.97 Å². The second-order valence-electron chi connectivity index (χ2n) is 5.15. The summed E-state index contributed by atoms with van der Waals surface area (Å²) in [7, 11) is 0. The summed E-state index contributed by atoms with van der Waals surface area (Å²) in [6.45, 7) is 4.08. The first kappa shape index (κ1) is 16.5. The second kappa shape index (κ2) is 7.99. The van der Waals surface area contributed by atoms with E-state index in [1.807, 2.05) is 12.3 Å². The fraction of sp³-hybridized carbons (Fsp3) is 0.375. The Bertz CT molecular complexity index is 664. The largest absolute Gasteiger partial charge is 0.378 e. The molecular weight excluding hydrogens is 376 g/mol. The normalized spacial score (nSPS) is 14.8. The van der Waals surface area contributed by atoms with Gasteiger partial charge in [-0.2, -0.15) is 0 Å². The zero-order valence-corrected chi connectivity index (χ0v) is 15.4. The predicted molar refractivity (Wildman–Crippen MR) is 98.3 cm³/mol. The summed E-state index contributed by atoms with van der Waals surface area (Å²) in [5, 5.41) is 4.29. The number of morpholine rings is 1. The van der Waals surface area contributed by atoms with E-state index >= 15 is 0 Å². The summed E-state index contributed by atoms with van der Waals surface area (Å²) in [5.74, 6) is 0.660. The van der Waals surface area contributed by atoms with Gasteiger partial charge in [-0.05, 0) is 30.0 Å². The van der Waals surface area contributed by atoms with Crippen LogP contribution in [0.2, 0.25) is 0 Å². The number of aromatic nitrogens is 2. The highest BCUT2D eigenvalue weighted by Gasteiger charge is 2.15. The Morgan fingerprint density at radius 3 is 2.91 bits per heavy atom. The van der Waals surface area contributed by atoms with Crippen molar-refractivity contribution in [3.63, 3.8) is 0 Å². The van der Waals surface area contributed by atoms with Gasteiger partial charge in [0.25, 0.3) is 0 Å². The third-order valence-electron chi connectivity index (χ3n) is 3.68. The molecule has 2 aromatic rings. The molecule has 1 aromatic heterocycles. The molecule has 0 aliphatic carbocycles. The molecule has 1 fully saturated rings. The highest BCUT2D eigenvalue weighted by molar-refractivity contribution is 9.10. The molecule has 1 N–H and O–H groups in total. The van der Waals surface area contributed by atoms with Gasteiger partial charge in [0.1, 0.15) is 5.03 Å². The maximum atomic E-state index is 5.45. The van der Waals surface area contributed by atoms with Crippen LogP contribution in [-0.2, 0) is 11.3 Å². The Morgan fingerprint density at radius 2 is 2.13 bits per heavy atom. The summed E-state index contributed by atoms with van der Waals surface area (Å²) < 4.78 is 6.54. The lowest BCUT2D eigenvalue weighted by atomic mass is 10.1. The van der Waals surface area contributed by atoms with Gasteiger partial charge in [0.2, 0.25) is 5.95 Å². The van der Waals surface area contributed by atoms with Crippen LogP contribution in [0.1, 0.15) is 5.56 Å². The summed E-state index contributed by atoms with van der Waals surface area (Å²) in [6, 6.07) is 8.29. The molecule has 23 heavy (non-hydrogen) atoms. The van der Waals surface area contributed by atoms with E-state index in [2.05, 4.69) is 54.3 Å². The van der Waals surface area contributed by atoms with Crippen molar-refractivity contribution < 1.29 is 4.74 Å². The third kappa shape index (κ3) is 4.37. The highest BCUT2D eigenvalue weighted by atomic mass is 79.9. The molecule has 0 bridgehead atoms. The lowest BCUT2D eigenvalue weighted by Crippen LogP contribution is -2.36. The Balaban J connectivity index is 1.76. The molecule has 0 spiro atoms. The SMILES string of the molecule is CSc1ccnc(NCc2ccc(Br)cc2N2CCOCC2)n1.